The van der Waals surface area contributed by atoms with Crippen LogP contribution in [0.4, 0.5) is 21.8 Å². The number of rotatable bonds is 6. The van der Waals surface area contributed by atoms with Crippen LogP contribution in [0.1, 0.15) is 5.56 Å². The maximum atomic E-state index is 14.3. The number of aromatic amines is 1. The van der Waals surface area contributed by atoms with Crippen LogP contribution in [0, 0.1) is 5.82 Å². The number of H-pyrrole nitrogens is 1. The Labute approximate surface area is 142 Å². The van der Waals surface area contributed by atoms with Crippen LogP contribution in [-0.2, 0) is 6.54 Å². The molecule has 0 aliphatic carbocycles. The van der Waals surface area contributed by atoms with Gasteiger partial charge in [0.15, 0.2) is 11.6 Å². The van der Waals surface area contributed by atoms with Gasteiger partial charge in [0.2, 0.25) is 5.95 Å². The normalized spacial score (nSPS) is 10.5. The smallest absolute Gasteiger partial charge is 0.229 e. The third kappa shape index (κ3) is 3.54. The lowest BCUT2D eigenvalue weighted by atomic mass is 10.2. The van der Waals surface area contributed by atoms with E-state index in [4.69, 9.17) is 16.3 Å². The van der Waals surface area contributed by atoms with E-state index in [0.717, 1.165) is 5.69 Å². The van der Waals surface area contributed by atoms with Crippen molar-refractivity contribution < 1.29 is 9.13 Å². The highest BCUT2D eigenvalue weighted by Gasteiger charge is 2.13. The van der Waals surface area contributed by atoms with E-state index in [1.807, 2.05) is 0 Å². The molecule has 3 aromatic rings. The van der Waals surface area contributed by atoms with Crippen LogP contribution in [0.25, 0.3) is 0 Å². The monoisotopic (exact) mass is 348 g/mol. The molecule has 3 rings (SSSR count). The van der Waals surface area contributed by atoms with Crippen LogP contribution in [0.15, 0.2) is 36.8 Å². The van der Waals surface area contributed by atoms with Gasteiger partial charge in [-0.2, -0.15) is 10.1 Å². The van der Waals surface area contributed by atoms with Crippen molar-refractivity contribution in [2.45, 2.75) is 6.54 Å². The van der Waals surface area contributed by atoms with Crippen LogP contribution < -0.4 is 15.4 Å². The van der Waals surface area contributed by atoms with E-state index in [1.54, 1.807) is 30.7 Å². The molecule has 0 saturated heterocycles. The average molecular weight is 349 g/mol. The molecule has 0 radical (unpaired) electrons. The maximum Gasteiger partial charge on any atom is 0.229 e. The van der Waals surface area contributed by atoms with Crippen molar-refractivity contribution >= 4 is 29.1 Å². The summed E-state index contributed by atoms with van der Waals surface area (Å²) in [5.74, 6) is 0.553. The van der Waals surface area contributed by atoms with Gasteiger partial charge < -0.3 is 15.4 Å². The Bertz CT molecular complexity index is 827. The van der Waals surface area contributed by atoms with Gasteiger partial charge in [-0.25, -0.2) is 9.37 Å². The maximum absolute atomic E-state index is 14.3. The third-order valence-electron chi connectivity index (χ3n) is 3.23. The Morgan fingerprint density at radius 3 is 2.96 bits per heavy atom. The predicted octanol–water partition coefficient (Wildman–Crippen LogP) is 3.36. The van der Waals surface area contributed by atoms with Crippen molar-refractivity contribution in [3.05, 3.63) is 53.2 Å². The molecule has 2 heterocycles. The highest BCUT2D eigenvalue weighted by Crippen LogP contribution is 2.27. The largest absolute Gasteiger partial charge is 0.494 e. The topological polar surface area (TPSA) is 87.8 Å². The fourth-order valence-electron chi connectivity index (χ4n) is 2.04. The summed E-state index contributed by atoms with van der Waals surface area (Å²) >= 11 is 6.06. The Morgan fingerprint density at radius 2 is 2.21 bits per heavy atom. The van der Waals surface area contributed by atoms with Crippen LogP contribution in [0.2, 0.25) is 5.02 Å². The quantitative estimate of drug-likeness (QED) is 0.633. The zero-order chi connectivity index (χ0) is 16.9. The zero-order valence-corrected chi connectivity index (χ0v) is 13.4. The lowest BCUT2D eigenvalue weighted by Crippen LogP contribution is -2.06. The molecule has 0 spiro atoms. The SMILES string of the molecule is COc1ccc(Cl)c(CNc2ccnc(Nc3cn[nH]c3)n2)c1F. The number of halogens is 2. The van der Waals surface area contributed by atoms with Crippen molar-refractivity contribution in [1.82, 2.24) is 20.2 Å². The molecule has 0 atom stereocenters. The first-order valence-electron chi connectivity index (χ1n) is 7.01. The lowest BCUT2D eigenvalue weighted by molar-refractivity contribution is 0.384. The Kier molecular flexibility index (Phi) is 4.76. The molecule has 3 N–H and O–H groups in total. The highest BCUT2D eigenvalue weighted by atomic mass is 35.5. The molecule has 0 aliphatic rings. The van der Waals surface area contributed by atoms with E-state index >= 15 is 0 Å². The van der Waals surface area contributed by atoms with Crippen molar-refractivity contribution in [3.8, 4) is 5.75 Å². The summed E-state index contributed by atoms with van der Waals surface area (Å²) in [7, 11) is 1.40. The van der Waals surface area contributed by atoms with Gasteiger partial charge in [0.25, 0.3) is 0 Å². The number of nitrogens with zero attached hydrogens (tertiary/aromatic N) is 3. The highest BCUT2D eigenvalue weighted by molar-refractivity contribution is 6.31. The number of nitrogens with one attached hydrogen (secondary N) is 3. The van der Waals surface area contributed by atoms with Crippen LogP contribution >= 0.6 is 11.6 Å². The first kappa shape index (κ1) is 16.0. The van der Waals surface area contributed by atoms with E-state index < -0.39 is 5.82 Å². The molecular formula is C15H14ClFN6O. The van der Waals surface area contributed by atoms with Crippen molar-refractivity contribution in [3.63, 3.8) is 0 Å². The second-order valence-corrected chi connectivity index (χ2v) is 5.18. The van der Waals surface area contributed by atoms with Crippen LogP contribution in [-0.4, -0.2) is 27.3 Å². The lowest BCUT2D eigenvalue weighted by Gasteiger charge is -2.11. The second kappa shape index (κ2) is 7.14. The molecule has 0 amide bonds. The molecule has 0 unspecified atom stereocenters. The summed E-state index contributed by atoms with van der Waals surface area (Å²) in [6, 6.07) is 4.75. The van der Waals surface area contributed by atoms with Gasteiger partial charge in [-0.05, 0) is 18.2 Å². The van der Waals surface area contributed by atoms with Gasteiger partial charge in [0.05, 0.1) is 19.0 Å². The van der Waals surface area contributed by atoms with E-state index in [9.17, 15) is 4.39 Å². The summed E-state index contributed by atoms with van der Waals surface area (Å²) < 4.78 is 19.2. The molecular weight excluding hydrogens is 335 g/mol. The molecule has 0 saturated carbocycles. The number of benzene rings is 1. The number of anilines is 3. The van der Waals surface area contributed by atoms with E-state index in [0.29, 0.717) is 22.4 Å². The Hall–Kier alpha value is -2.87. The summed E-state index contributed by atoms with van der Waals surface area (Å²) in [6.45, 7) is 0.157. The number of aromatic nitrogens is 4. The first-order valence-corrected chi connectivity index (χ1v) is 7.38. The van der Waals surface area contributed by atoms with Gasteiger partial charge in [-0.3, -0.25) is 5.10 Å². The number of hydrogen-bond donors (Lipinski definition) is 3. The number of ether oxygens (including phenoxy) is 1. The molecule has 2 aromatic heterocycles. The minimum absolute atomic E-state index is 0.140. The van der Waals surface area contributed by atoms with Crippen molar-refractivity contribution in [2.24, 2.45) is 0 Å². The zero-order valence-electron chi connectivity index (χ0n) is 12.7. The molecule has 7 nitrogen and oxygen atoms in total. The minimum Gasteiger partial charge on any atom is -0.494 e. The summed E-state index contributed by atoms with van der Waals surface area (Å²) in [6.07, 6.45) is 4.87. The average Bonchev–Trinajstić information content (AvgIpc) is 3.08. The van der Waals surface area contributed by atoms with E-state index in [-0.39, 0.29) is 12.3 Å². The Balaban J connectivity index is 1.73. The minimum atomic E-state index is -0.497. The van der Waals surface area contributed by atoms with Gasteiger partial charge in [0, 0.05) is 29.5 Å². The summed E-state index contributed by atoms with van der Waals surface area (Å²) in [4.78, 5) is 8.40. The van der Waals surface area contributed by atoms with Gasteiger partial charge in [0.1, 0.15) is 5.82 Å². The molecule has 0 aliphatic heterocycles. The van der Waals surface area contributed by atoms with Gasteiger partial charge in [-0.1, -0.05) is 11.6 Å². The molecule has 0 bridgehead atoms. The van der Waals surface area contributed by atoms with Crippen LogP contribution in [0.5, 0.6) is 5.75 Å². The summed E-state index contributed by atoms with van der Waals surface area (Å²) in [5, 5.41) is 12.8. The third-order valence-corrected chi connectivity index (χ3v) is 3.58. The Morgan fingerprint density at radius 1 is 1.33 bits per heavy atom. The van der Waals surface area contributed by atoms with Crippen molar-refractivity contribution in [1.29, 1.82) is 0 Å². The fraction of sp³-hybridized carbons (Fsp3) is 0.133. The van der Waals surface area contributed by atoms with E-state index in [2.05, 4.69) is 30.8 Å². The second-order valence-electron chi connectivity index (χ2n) is 4.77. The molecule has 1 aromatic carbocycles. The van der Waals surface area contributed by atoms with Crippen molar-refractivity contribution in [2.75, 3.05) is 17.7 Å². The van der Waals surface area contributed by atoms with Crippen LogP contribution in [0.3, 0.4) is 0 Å². The molecule has 0 fully saturated rings. The number of hydrogen-bond acceptors (Lipinski definition) is 6. The molecule has 9 heteroatoms. The van der Waals surface area contributed by atoms with Gasteiger partial charge in [-0.15, -0.1) is 0 Å². The van der Waals surface area contributed by atoms with E-state index in [1.165, 1.54) is 13.2 Å². The summed E-state index contributed by atoms with van der Waals surface area (Å²) in [5.41, 5.74) is 1.04. The molecule has 124 valence electrons. The first-order chi connectivity index (χ1) is 11.7. The standard InChI is InChI=1S/C15H14ClFN6O/c1-24-12-3-2-11(16)10(14(12)17)8-19-13-4-5-18-15(23-13)22-9-6-20-21-7-9/h2-7H,8H2,1H3,(H,20,21)(H2,18,19,22,23). The number of methoxy groups -OCH3 is 1. The molecule has 24 heavy (non-hydrogen) atoms. The van der Waals surface area contributed by atoms with Gasteiger partial charge >= 0.3 is 0 Å². The fourth-order valence-corrected chi connectivity index (χ4v) is 2.25. The predicted molar refractivity (Wildman–Crippen MR) is 89.2 cm³/mol.